The largest absolute Gasteiger partial charge is 0.756 e. The number of aromatic nitrogens is 4. The average Bonchev–Trinajstić information content (AvgIpc) is 3.11. The SMILES string of the molecule is CSc1ncnc2c1nc(SC)n2[C@@H]1O[C@@H]2COP(=O)([O-])O[C@H]2[C@H]1O. The van der Waals surface area contributed by atoms with Crippen LogP contribution in [-0.4, -0.2) is 62.1 Å². The van der Waals surface area contributed by atoms with Gasteiger partial charge in [-0.25, -0.2) is 15.0 Å². The van der Waals surface area contributed by atoms with E-state index >= 15 is 0 Å². The molecule has 2 aromatic heterocycles. The van der Waals surface area contributed by atoms with E-state index in [-0.39, 0.29) is 6.61 Å². The van der Waals surface area contributed by atoms with Gasteiger partial charge in [0.2, 0.25) is 0 Å². The summed E-state index contributed by atoms with van der Waals surface area (Å²) in [5.41, 5.74) is 1.09. The molecule has 0 aliphatic carbocycles. The lowest BCUT2D eigenvalue weighted by atomic mass is 10.1. The number of fused-ring (bicyclic) bond motifs is 2. The fourth-order valence-corrected chi connectivity index (χ4v) is 4.93. The summed E-state index contributed by atoms with van der Waals surface area (Å²) < 4.78 is 28.5. The van der Waals surface area contributed by atoms with Crippen LogP contribution in [0.4, 0.5) is 0 Å². The first-order valence-corrected chi connectivity index (χ1v) is 11.1. The zero-order valence-electron chi connectivity index (χ0n) is 13.1. The van der Waals surface area contributed by atoms with Gasteiger partial charge in [-0.05, 0) is 12.5 Å². The molecule has 1 unspecified atom stereocenters. The van der Waals surface area contributed by atoms with Crippen molar-refractivity contribution >= 4 is 42.5 Å². The molecule has 0 radical (unpaired) electrons. The molecule has 1 N–H and O–H groups in total. The first kappa shape index (κ1) is 17.7. The molecule has 5 atom stereocenters. The van der Waals surface area contributed by atoms with Crippen molar-refractivity contribution < 1.29 is 28.3 Å². The summed E-state index contributed by atoms with van der Waals surface area (Å²) in [6.45, 7) is -0.203. The van der Waals surface area contributed by atoms with Crippen LogP contribution in [0.1, 0.15) is 6.23 Å². The molecule has 0 amide bonds. The number of hydrogen-bond acceptors (Lipinski definition) is 11. The first-order chi connectivity index (χ1) is 11.9. The highest BCUT2D eigenvalue weighted by Crippen LogP contribution is 2.50. The molecule has 136 valence electrons. The molecular formula is C12H14N4O6PS2-. The van der Waals surface area contributed by atoms with Crippen molar-refractivity contribution in [3.05, 3.63) is 6.33 Å². The third kappa shape index (κ3) is 2.90. The standard InChI is InChI=1S/C12H15N4O6PS2/c1-24-10-6-9(13-4-14-10)16(12(15-6)25-2)11-7(17)8-5(21-11)3-20-23(18,19)22-8/h4-5,7-8,11,17H,3H2,1-2H3,(H,18,19)/p-1/t5-,7-,8-,11-/m1/s1. The number of ether oxygens (including phenoxy) is 1. The van der Waals surface area contributed by atoms with Crippen LogP contribution < -0.4 is 4.89 Å². The zero-order chi connectivity index (χ0) is 17.8. The van der Waals surface area contributed by atoms with E-state index < -0.39 is 32.4 Å². The van der Waals surface area contributed by atoms with E-state index in [1.54, 1.807) is 4.57 Å². The van der Waals surface area contributed by atoms with Crippen LogP contribution in [0.2, 0.25) is 0 Å². The van der Waals surface area contributed by atoms with Crippen LogP contribution >= 0.6 is 31.3 Å². The number of phosphoric acid groups is 1. The van der Waals surface area contributed by atoms with Crippen molar-refractivity contribution in [2.45, 2.75) is 34.7 Å². The minimum absolute atomic E-state index is 0.203. The second kappa shape index (κ2) is 6.46. The average molecular weight is 405 g/mol. The normalized spacial score (nSPS) is 35.2. The fraction of sp³-hybridized carbons (Fsp3) is 0.583. The topological polar surface area (TPSA) is 132 Å². The van der Waals surface area contributed by atoms with Crippen molar-refractivity contribution in [1.82, 2.24) is 19.5 Å². The zero-order valence-corrected chi connectivity index (χ0v) is 15.7. The van der Waals surface area contributed by atoms with Gasteiger partial charge in [0.25, 0.3) is 7.82 Å². The third-order valence-corrected chi connectivity index (χ3v) is 6.30. The Morgan fingerprint density at radius 2 is 2.20 bits per heavy atom. The molecule has 25 heavy (non-hydrogen) atoms. The van der Waals surface area contributed by atoms with E-state index in [1.165, 1.54) is 29.9 Å². The molecule has 0 spiro atoms. The van der Waals surface area contributed by atoms with Crippen LogP contribution in [0.15, 0.2) is 16.5 Å². The molecule has 4 heterocycles. The maximum atomic E-state index is 11.5. The van der Waals surface area contributed by atoms with Gasteiger partial charge < -0.3 is 23.8 Å². The Hall–Kier alpha value is -0.720. The Labute approximate surface area is 150 Å². The van der Waals surface area contributed by atoms with Gasteiger partial charge in [0.05, 0.1) is 6.61 Å². The summed E-state index contributed by atoms with van der Waals surface area (Å²) >= 11 is 2.79. The Kier molecular flexibility index (Phi) is 4.57. The predicted molar refractivity (Wildman–Crippen MR) is 87.2 cm³/mol. The van der Waals surface area contributed by atoms with E-state index in [9.17, 15) is 14.6 Å². The summed E-state index contributed by atoms with van der Waals surface area (Å²) in [6.07, 6.45) is 1.29. The van der Waals surface area contributed by atoms with E-state index in [2.05, 4.69) is 19.5 Å². The molecule has 2 saturated heterocycles. The second-order valence-electron chi connectivity index (χ2n) is 5.39. The first-order valence-electron chi connectivity index (χ1n) is 7.23. The lowest BCUT2D eigenvalue weighted by Gasteiger charge is -2.34. The molecular weight excluding hydrogens is 391 g/mol. The molecule has 4 rings (SSSR count). The van der Waals surface area contributed by atoms with Gasteiger partial charge in [0.1, 0.15) is 35.2 Å². The van der Waals surface area contributed by atoms with E-state index in [0.29, 0.717) is 21.3 Å². The summed E-state index contributed by atoms with van der Waals surface area (Å²) in [5.74, 6) is 0. The van der Waals surface area contributed by atoms with Crippen LogP contribution in [0.3, 0.4) is 0 Å². The Morgan fingerprint density at radius 1 is 1.40 bits per heavy atom. The molecule has 2 fully saturated rings. The van der Waals surface area contributed by atoms with Crippen LogP contribution in [-0.2, 0) is 18.3 Å². The van der Waals surface area contributed by atoms with Crippen molar-refractivity contribution in [2.24, 2.45) is 0 Å². The second-order valence-corrected chi connectivity index (χ2v) is 8.32. The molecule has 2 aliphatic rings. The highest BCUT2D eigenvalue weighted by Gasteiger charge is 2.51. The van der Waals surface area contributed by atoms with Gasteiger partial charge in [-0.15, -0.1) is 11.8 Å². The van der Waals surface area contributed by atoms with Gasteiger partial charge in [-0.3, -0.25) is 9.13 Å². The number of hydrogen-bond donors (Lipinski definition) is 1. The van der Waals surface area contributed by atoms with Gasteiger partial charge in [-0.1, -0.05) is 11.8 Å². The number of phosphoric ester groups is 1. The van der Waals surface area contributed by atoms with Gasteiger partial charge in [0.15, 0.2) is 17.0 Å². The van der Waals surface area contributed by atoms with Crippen molar-refractivity contribution in [3.63, 3.8) is 0 Å². The Morgan fingerprint density at radius 3 is 2.92 bits per heavy atom. The predicted octanol–water partition coefficient (Wildman–Crippen LogP) is 0.412. The fourth-order valence-electron chi connectivity index (χ4n) is 2.93. The molecule has 2 aromatic rings. The van der Waals surface area contributed by atoms with Crippen LogP contribution in [0.5, 0.6) is 0 Å². The molecule has 2 aliphatic heterocycles. The minimum Gasteiger partial charge on any atom is -0.756 e. The minimum atomic E-state index is -4.43. The third-order valence-electron chi connectivity index (χ3n) is 4.00. The van der Waals surface area contributed by atoms with Crippen LogP contribution in [0, 0.1) is 0 Å². The molecule has 0 aromatic carbocycles. The lowest BCUT2D eigenvalue weighted by molar-refractivity contribution is -0.245. The molecule has 13 heteroatoms. The van der Waals surface area contributed by atoms with E-state index in [1.807, 2.05) is 12.5 Å². The number of imidazole rings is 1. The van der Waals surface area contributed by atoms with Gasteiger partial charge in [0, 0.05) is 0 Å². The summed E-state index contributed by atoms with van der Waals surface area (Å²) in [7, 11) is -4.43. The summed E-state index contributed by atoms with van der Waals surface area (Å²) in [4.78, 5) is 24.5. The Balaban J connectivity index is 1.78. The number of nitrogens with zero attached hydrogens (tertiary/aromatic N) is 4. The number of thioether (sulfide) groups is 2. The van der Waals surface area contributed by atoms with Gasteiger partial charge in [-0.2, -0.15) is 0 Å². The van der Waals surface area contributed by atoms with E-state index in [4.69, 9.17) is 9.26 Å². The highest BCUT2D eigenvalue weighted by atomic mass is 32.2. The molecule has 0 bridgehead atoms. The number of aliphatic hydroxyl groups is 1. The Bertz CT molecular complexity index is 865. The maximum Gasteiger partial charge on any atom is 0.268 e. The van der Waals surface area contributed by atoms with E-state index in [0.717, 1.165) is 0 Å². The smallest absolute Gasteiger partial charge is 0.268 e. The van der Waals surface area contributed by atoms with Crippen molar-refractivity contribution in [1.29, 1.82) is 0 Å². The van der Waals surface area contributed by atoms with Crippen molar-refractivity contribution in [3.8, 4) is 0 Å². The summed E-state index contributed by atoms with van der Waals surface area (Å²) in [5, 5.41) is 11.9. The quantitative estimate of drug-likeness (QED) is 0.433. The molecule has 10 nitrogen and oxygen atoms in total. The number of rotatable bonds is 3. The van der Waals surface area contributed by atoms with Crippen LogP contribution in [0.25, 0.3) is 11.2 Å². The van der Waals surface area contributed by atoms with Gasteiger partial charge >= 0.3 is 0 Å². The number of aliphatic hydroxyl groups excluding tert-OH is 1. The highest BCUT2D eigenvalue weighted by molar-refractivity contribution is 7.99. The van der Waals surface area contributed by atoms with Crippen molar-refractivity contribution in [2.75, 3.05) is 19.1 Å². The summed E-state index contributed by atoms with van der Waals surface area (Å²) in [6, 6.07) is 0. The maximum absolute atomic E-state index is 11.5. The molecule has 0 saturated carbocycles. The monoisotopic (exact) mass is 405 g/mol. The lowest BCUT2D eigenvalue weighted by Crippen LogP contribution is -2.41.